The zero-order valence-electron chi connectivity index (χ0n) is 13.9. The van der Waals surface area contributed by atoms with Crippen molar-refractivity contribution in [3.63, 3.8) is 0 Å². The van der Waals surface area contributed by atoms with Crippen LogP contribution < -0.4 is 10.7 Å². The number of thiophene rings is 1. The van der Waals surface area contributed by atoms with Crippen LogP contribution in [0.5, 0.6) is 0 Å². The molecular weight excluding hydrogens is 334 g/mol. The highest BCUT2D eigenvalue weighted by molar-refractivity contribution is 7.11. The number of hydrazone groups is 1. The van der Waals surface area contributed by atoms with E-state index < -0.39 is 0 Å². The summed E-state index contributed by atoms with van der Waals surface area (Å²) >= 11 is 1.55. The summed E-state index contributed by atoms with van der Waals surface area (Å²) in [5.41, 5.74) is 3.71. The van der Waals surface area contributed by atoms with Crippen molar-refractivity contribution < 1.29 is 9.59 Å². The van der Waals surface area contributed by atoms with Crippen molar-refractivity contribution >= 4 is 35.1 Å². The Kier molecular flexibility index (Phi) is 5.95. The molecule has 25 heavy (non-hydrogen) atoms. The summed E-state index contributed by atoms with van der Waals surface area (Å²) in [5.74, 6) is -0.0845. The molecule has 2 amide bonds. The van der Waals surface area contributed by atoms with Gasteiger partial charge < -0.3 is 5.32 Å². The highest BCUT2D eigenvalue weighted by Gasteiger charge is 2.21. The number of anilines is 1. The average Bonchev–Trinajstić information content (AvgIpc) is 3.16. The van der Waals surface area contributed by atoms with Crippen molar-refractivity contribution in [2.75, 3.05) is 5.32 Å². The predicted octanol–water partition coefficient (Wildman–Crippen LogP) is 4.03. The van der Waals surface area contributed by atoms with Gasteiger partial charge in [-0.05, 0) is 48.6 Å². The van der Waals surface area contributed by atoms with Gasteiger partial charge in [-0.1, -0.05) is 25.3 Å². The first-order chi connectivity index (χ1) is 12.2. The molecule has 0 spiro atoms. The van der Waals surface area contributed by atoms with Gasteiger partial charge in [0.15, 0.2) is 0 Å². The number of carbonyl (C=O) groups excluding carboxylic acids is 2. The van der Waals surface area contributed by atoms with Crippen LogP contribution in [0, 0.1) is 5.92 Å². The molecule has 1 aromatic carbocycles. The summed E-state index contributed by atoms with van der Waals surface area (Å²) < 4.78 is 0. The normalized spacial score (nSPS) is 15.2. The molecule has 1 saturated carbocycles. The standard InChI is InChI=1S/C19H21N3O2S/c23-18(14-5-2-1-3-6-14)21-16-10-8-15(9-11-16)19(24)22-20-13-17-7-4-12-25-17/h4,7-14H,1-3,5-6H2,(H,21,23)(H,22,24)/b20-13+. The number of nitrogens with one attached hydrogen (secondary N) is 2. The van der Waals surface area contributed by atoms with Gasteiger partial charge in [-0.15, -0.1) is 11.3 Å². The number of rotatable bonds is 5. The second-order valence-corrected chi connectivity index (χ2v) is 7.10. The molecule has 3 rings (SSSR count). The molecule has 2 aromatic rings. The van der Waals surface area contributed by atoms with Crippen LogP contribution in [0.25, 0.3) is 0 Å². The van der Waals surface area contributed by atoms with E-state index in [-0.39, 0.29) is 17.7 Å². The molecule has 1 aliphatic carbocycles. The third-order valence-electron chi connectivity index (χ3n) is 4.29. The summed E-state index contributed by atoms with van der Waals surface area (Å²) in [7, 11) is 0. The molecule has 6 heteroatoms. The fourth-order valence-corrected chi connectivity index (χ4v) is 3.48. The fraction of sp³-hybridized carbons (Fsp3) is 0.316. The van der Waals surface area contributed by atoms with E-state index in [4.69, 9.17) is 0 Å². The summed E-state index contributed by atoms with van der Waals surface area (Å²) in [5, 5.41) is 8.83. The molecule has 1 fully saturated rings. The van der Waals surface area contributed by atoms with Gasteiger partial charge in [-0.2, -0.15) is 5.10 Å². The molecule has 0 saturated heterocycles. The number of hydrogen-bond acceptors (Lipinski definition) is 4. The molecule has 1 aliphatic rings. The van der Waals surface area contributed by atoms with Crippen molar-refractivity contribution in [3.8, 4) is 0 Å². The van der Waals surface area contributed by atoms with Crippen LogP contribution in [-0.2, 0) is 4.79 Å². The van der Waals surface area contributed by atoms with E-state index in [0.29, 0.717) is 11.3 Å². The number of benzene rings is 1. The van der Waals surface area contributed by atoms with Crippen molar-refractivity contribution in [1.82, 2.24) is 5.43 Å². The zero-order valence-corrected chi connectivity index (χ0v) is 14.7. The minimum atomic E-state index is -0.280. The third-order valence-corrected chi connectivity index (χ3v) is 5.10. The molecule has 1 aromatic heterocycles. The van der Waals surface area contributed by atoms with E-state index in [1.54, 1.807) is 41.8 Å². The van der Waals surface area contributed by atoms with Crippen LogP contribution in [0.2, 0.25) is 0 Å². The van der Waals surface area contributed by atoms with Crippen LogP contribution in [0.15, 0.2) is 46.9 Å². The Balaban J connectivity index is 1.52. The molecule has 5 nitrogen and oxygen atoms in total. The van der Waals surface area contributed by atoms with Gasteiger partial charge in [0.1, 0.15) is 0 Å². The second-order valence-electron chi connectivity index (χ2n) is 6.12. The molecule has 2 N–H and O–H groups in total. The predicted molar refractivity (Wildman–Crippen MR) is 101 cm³/mol. The molecule has 0 aliphatic heterocycles. The summed E-state index contributed by atoms with van der Waals surface area (Å²) in [6, 6.07) is 10.7. The van der Waals surface area contributed by atoms with Crippen molar-refractivity contribution in [2.45, 2.75) is 32.1 Å². The first-order valence-corrected chi connectivity index (χ1v) is 9.38. The van der Waals surface area contributed by atoms with E-state index in [1.165, 1.54) is 6.42 Å². The van der Waals surface area contributed by atoms with E-state index in [2.05, 4.69) is 15.8 Å². The van der Waals surface area contributed by atoms with E-state index in [9.17, 15) is 9.59 Å². The largest absolute Gasteiger partial charge is 0.326 e. The topological polar surface area (TPSA) is 70.6 Å². The maximum absolute atomic E-state index is 12.2. The average molecular weight is 355 g/mol. The van der Waals surface area contributed by atoms with Crippen molar-refractivity contribution in [2.24, 2.45) is 11.0 Å². The summed E-state index contributed by atoms with van der Waals surface area (Å²) in [6.07, 6.45) is 7.03. The highest BCUT2D eigenvalue weighted by Crippen LogP contribution is 2.25. The summed E-state index contributed by atoms with van der Waals surface area (Å²) in [4.78, 5) is 25.3. The summed E-state index contributed by atoms with van der Waals surface area (Å²) in [6.45, 7) is 0. The molecule has 1 heterocycles. The van der Waals surface area contributed by atoms with Crippen molar-refractivity contribution in [3.05, 3.63) is 52.2 Å². The fourth-order valence-electron chi connectivity index (χ4n) is 2.90. The Bertz CT molecular complexity index is 733. The number of amides is 2. The van der Waals surface area contributed by atoms with Gasteiger partial charge >= 0.3 is 0 Å². The van der Waals surface area contributed by atoms with Crippen LogP contribution >= 0.6 is 11.3 Å². The van der Waals surface area contributed by atoms with E-state index in [0.717, 1.165) is 30.6 Å². The highest BCUT2D eigenvalue weighted by atomic mass is 32.1. The second kappa shape index (κ2) is 8.58. The van der Waals surface area contributed by atoms with E-state index >= 15 is 0 Å². The van der Waals surface area contributed by atoms with Gasteiger partial charge in [-0.3, -0.25) is 9.59 Å². The van der Waals surface area contributed by atoms with Crippen LogP contribution in [-0.4, -0.2) is 18.0 Å². The lowest BCUT2D eigenvalue weighted by atomic mass is 9.88. The first-order valence-electron chi connectivity index (χ1n) is 8.50. The van der Waals surface area contributed by atoms with Crippen molar-refractivity contribution in [1.29, 1.82) is 0 Å². The Hall–Kier alpha value is -2.47. The Morgan fingerprint density at radius 3 is 2.52 bits per heavy atom. The quantitative estimate of drug-likeness (QED) is 0.628. The Labute approximate surface area is 151 Å². The molecular formula is C19H21N3O2S. The first kappa shape index (κ1) is 17.4. The lowest BCUT2D eigenvalue weighted by molar-refractivity contribution is -0.120. The SMILES string of the molecule is O=C(N/N=C/c1cccs1)c1ccc(NC(=O)C2CCCCC2)cc1. The maximum atomic E-state index is 12.2. The maximum Gasteiger partial charge on any atom is 0.271 e. The van der Waals surface area contributed by atoms with Gasteiger partial charge in [0, 0.05) is 22.0 Å². The van der Waals surface area contributed by atoms with Gasteiger partial charge in [-0.25, -0.2) is 5.43 Å². The smallest absolute Gasteiger partial charge is 0.271 e. The molecule has 130 valence electrons. The lowest BCUT2D eigenvalue weighted by Crippen LogP contribution is -2.24. The van der Waals surface area contributed by atoms with E-state index in [1.807, 2.05) is 17.5 Å². The monoisotopic (exact) mass is 355 g/mol. The third kappa shape index (κ3) is 5.00. The Morgan fingerprint density at radius 2 is 1.84 bits per heavy atom. The number of hydrogen-bond donors (Lipinski definition) is 2. The van der Waals surface area contributed by atoms with Gasteiger partial charge in [0.2, 0.25) is 5.91 Å². The van der Waals surface area contributed by atoms with Crippen LogP contribution in [0.3, 0.4) is 0 Å². The van der Waals surface area contributed by atoms with Crippen LogP contribution in [0.1, 0.15) is 47.3 Å². The van der Waals surface area contributed by atoms with Crippen LogP contribution in [0.4, 0.5) is 5.69 Å². The number of carbonyl (C=O) groups is 2. The van der Waals surface area contributed by atoms with Gasteiger partial charge in [0.05, 0.1) is 6.21 Å². The zero-order chi connectivity index (χ0) is 17.5. The Morgan fingerprint density at radius 1 is 1.08 bits per heavy atom. The molecule has 0 atom stereocenters. The number of nitrogens with zero attached hydrogens (tertiary/aromatic N) is 1. The van der Waals surface area contributed by atoms with Gasteiger partial charge in [0.25, 0.3) is 5.91 Å². The minimum Gasteiger partial charge on any atom is -0.326 e. The lowest BCUT2D eigenvalue weighted by Gasteiger charge is -2.20. The molecule has 0 unspecified atom stereocenters. The molecule has 0 bridgehead atoms. The minimum absolute atomic E-state index is 0.0810. The molecule has 0 radical (unpaired) electrons.